The van der Waals surface area contributed by atoms with Gasteiger partial charge in [0.25, 0.3) is 0 Å². The highest BCUT2D eigenvalue weighted by Crippen LogP contribution is 2.19. The van der Waals surface area contributed by atoms with Gasteiger partial charge in [-0.3, -0.25) is 0 Å². The van der Waals surface area contributed by atoms with Crippen molar-refractivity contribution in [3.05, 3.63) is 24.0 Å². The molecule has 11 heavy (non-hydrogen) atoms. The quantitative estimate of drug-likeness (QED) is 0.447. The summed E-state index contributed by atoms with van der Waals surface area (Å²) in [4.78, 5) is 11.1. The second kappa shape index (κ2) is 3.37. The highest BCUT2D eigenvalue weighted by molar-refractivity contribution is 5.89. The smallest absolute Gasteiger partial charge is 0.338 e. The molecule has 0 fully saturated rings. The number of ether oxygens (including phenoxy) is 1. The standard InChI is InChI=1S/C9H12O2/c1-7(2)11-9(10)8-5-3-4-6-8/h5H,1,3-4,6H2,2H3. The van der Waals surface area contributed by atoms with E-state index in [0.29, 0.717) is 5.76 Å². The van der Waals surface area contributed by atoms with Crippen LogP contribution >= 0.6 is 0 Å². The van der Waals surface area contributed by atoms with Gasteiger partial charge in [0, 0.05) is 5.57 Å². The lowest BCUT2D eigenvalue weighted by molar-refractivity contribution is -0.134. The molecule has 0 aliphatic heterocycles. The molecule has 0 aromatic heterocycles. The van der Waals surface area contributed by atoms with Gasteiger partial charge in [0.2, 0.25) is 0 Å². The average Bonchev–Trinajstić information content (AvgIpc) is 2.35. The molecule has 0 unspecified atom stereocenters. The van der Waals surface area contributed by atoms with Gasteiger partial charge in [0.05, 0.1) is 5.76 Å². The van der Waals surface area contributed by atoms with E-state index in [-0.39, 0.29) is 5.97 Å². The predicted octanol–water partition coefficient (Wildman–Crippen LogP) is 2.17. The molecule has 1 aliphatic carbocycles. The minimum atomic E-state index is -0.227. The molecular formula is C9H12O2. The highest BCUT2D eigenvalue weighted by Gasteiger charge is 2.14. The number of allylic oxidation sites excluding steroid dienone is 2. The second-order valence-electron chi connectivity index (χ2n) is 2.71. The first-order valence-electron chi connectivity index (χ1n) is 3.77. The zero-order valence-corrected chi connectivity index (χ0v) is 6.72. The lowest BCUT2D eigenvalue weighted by Gasteiger charge is -2.01. The lowest BCUT2D eigenvalue weighted by Crippen LogP contribution is -2.04. The fraction of sp³-hybridized carbons (Fsp3) is 0.444. The summed E-state index contributed by atoms with van der Waals surface area (Å²) in [5.41, 5.74) is 0.799. The fourth-order valence-electron chi connectivity index (χ4n) is 1.08. The maximum atomic E-state index is 11.1. The Morgan fingerprint density at radius 1 is 1.73 bits per heavy atom. The van der Waals surface area contributed by atoms with E-state index < -0.39 is 0 Å². The predicted molar refractivity (Wildman–Crippen MR) is 42.8 cm³/mol. The fourth-order valence-corrected chi connectivity index (χ4v) is 1.08. The van der Waals surface area contributed by atoms with Crippen molar-refractivity contribution in [1.29, 1.82) is 0 Å². The van der Waals surface area contributed by atoms with Crippen molar-refractivity contribution >= 4 is 5.97 Å². The Hall–Kier alpha value is -1.05. The maximum Gasteiger partial charge on any atom is 0.338 e. The van der Waals surface area contributed by atoms with Crippen molar-refractivity contribution in [2.75, 3.05) is 0 Å². The molecule has 0 spiro atoms. The third kappa shape index (κ3) is 2.22. The maximum absolute atomic E-state index is 11.1. The number of hydrogen-bond acceptors (Lipinski definition) is 2. The van der Waals surface area contributed by atoms with Crippen LogP contribution in [0.4, 0.5) is 0 Å². The molecule has 1 aliphatic rings. The molecule has 0 atom stereocenters. The van der Waals surface area contributed by atoms with Crippen molar-refractivity contribution < 1.29 is 9.53 Å². The molecule has 0 saturated carbocycles. The molecule has 0 aromatic rings. The SMILES string of the molecule is C=C(C)OC(=O)C1=CCCC1. The number of hydrogen-bond donors (Lipinski definition) is 0. The third-order valence-electron chi connectivity index (χ3n) is 1.57. The summed E-state index contributed by atoms with van der Waals surface area (Å²) in [5, 5.41) is 0. The monoisotopic (exact) mass is 152 g/mol. The topological polar surface area (TPSA) is 26.3 Å². The molecule has 1 rings (SSSR count). The van der Waals surface area contributed by atoms with Crippen LogP contribution < -0.4 is 0 Å². The third-order valence-corrected chi connectivity index (χ3v) is 1.57. The summed E-state index contributed by atoms with van der Waals surface area (Å²) in [7, 11) is 0. The van der Waals surface area contributed by atoms with Gasteiger partial charge in [-0.2, -0.15) is 0 Å². The average molecular weight is 152 g/mol. The molecule has 0 amide bonds. The van der Waals surface area contributed by atoms with Crippen LogP contribution in [0.15, 0.2) is 24.0 Å². The Morgan fingerprint density at radius 3 is 2.91 bits per heavy atom. The van der Waals surface area contributed by atoms with Crippen LogP contribution in [0.3, 0.4) is 0 Å². The van der Waals surface area contributed by atoms with E-state index in [1.165, 1.54) is 0 Å². The van der Waals surface area contributed by atoms with Crippen molar-refractivity contribution in [3.63, 3.8) is 0 Å². The van der Waals surface area contributed by atoms with E-state index in [1.54, 1.807) is 6.92 Å². The van der Waals surface area contributed by atoms with Crippen LogP contribution in [-0.2, 0) is 9.53 Å². The van der Waals surface area contributed by atoms with Crippen LogP contribution in [-0.4, -0.2) is 5.97 Å². The largest absolute Gasteiger partial charge is 0.429 e. The van der Waals surface area contributed by atoms with E-state index in [2.05, 4.69) is 6.58 Å². The first kappa shape index (κ1) is 8.05. The van der Waals surface area contributed by atoms with Gasteiger partial charge in [0.1, 0.15) is 0 Å². The molecular weight excluding hydrogens is 140 g/mol. The molecule has 0 N–H and O–H groups in total. The van der Waals surface area contributed by atoms with Gasteiger partial charge in [-0.25, -0.2) is 4.79 Å². The minimum Gasteiger partial charge on any atom is -0.429 e. The molecule has 0 saturated heterocycles. The highest BCUT2D eigenvalue weighted by atomic mass is 16.5. The number of rotatable bonds is 2. The first-order chi connectivity index (χ1) is 5.20. The Labute approximate surface area is 66.5 Å². The van der Waals surface area contributed by atoms with Crippen molar-refractivity contribution in [1.82, 2.24) is 0 Å². The molecule has 0 bridgehead atoms. The Kier molecular flexibility index (Phi) is 2.47. The first-order valence-corrected chi connectivity index (χ1v) is 3.77. The Bertz CT molecular complexity index is 214. The van der Waals surface area contributed by atoms with Crippen molar-refractivity contribution in [2.45, 2.75) is 26.2 Å². The zero-order chi connectivity index (χ0) is 8.27. The van der Waals surface area contributed by atoms with Gasteiger partial charge in [-0.1, -0.05) is 12.7 Å². The molecule has 2 heteroatoms. The number of carbonyl (C=O) groups is 1. The van der Waals surface area contributed by atoms with E-state index in [9.17, 15) is 4.79 Å². The zero-order valence-electron chi connectivity index (χ0n) is 6.72. The van der Waals surface area contributed by atoms with Crippen LogP contribution in [0.5, 0.6) is 0 Å². The van der Waals surface area contributed by atoms with Crippen molar-refractivity contribution in [3.8, 4) is 0 Å². The summed E-state index contributed by atoms with van der Waals surface area (Å²) in [5.74, 6) is 0.234. The molecule has 0 aromatic carbocycles. The Morgan fingerprint density at radius 2 is 2.45 bits per heavy atom. The van der Waals surface area contributed by atoms with Gasteiger partial charge in [-0.15, -0.1) is 0 Å². The van der Waals surface area contributed by atoms with E-state index in [4.69, 9.17) is 4.74 Å². The molecule has 0 heterocycles. The van der Waals surface area contributed by atoms with Gasteiger partial charge >= 0.3 is 5.97 Å². The van der Waals surface area contributed by atoms with Crippen molar-refractivity contribution in [2.24, 2.45) is 0 Å². The molecule has 0 radical (unpaired) electrons. The van der Waals surface area contributed by atoms with Crippen LogP contribution in [0.2, 0.25) is 0 Å². The summed E-state index contributed by atoms with van der Waals surface area (Å²) in [6.07, 6.45) is 4.86. The van der Waals surface area contributed by atoms with Gasteiger partial charge in [0.15, 0.2) is 0 Å². The van der Waals surface area contributed by atoms with Gasteiger partial charge in [-0.05, 0) is 26.2 Å². The van der Waals surface area contributed by atoms with E-state index in [0.717, 1.165) is 24.8 Å². The minimum absolute atomic E-state index is 0.227. The summed E-state index contributed by atoms with van der Waals surface area (Å²) < 4.78 is 4.83. The normalized spacial score (nSPS) is 15.9. The number of carbonyl (C=O) groups excluding carboxylic acids is 1. The lowest BCUT2D eigenvalue weighted by atomic mass is 10.2. The molecule has 2 nitrogen and oxygen atoms in total. The van der Waals surface area contributed by atoms with E-state index >= 15 is 0 Å². The number of esters is 1. The van der Waals surface area contributed by atoms with Crippen LogP contribution in [0, 0.1) is 0 Å². The van der Waals surface area contributed by atoms with Crippen LogP contribution in [0.1, 0.15) is 26.2 Å². The molecule has 60 valence electrons. The van der Waals surface area contributed by atoms with E-state index in [1.807, 2.05) is 6.08 Å². The van der Waals surface area contributed by atoms with Gasteiger partial charge < -0.3 is 4.74 Å². The van der Waals surface area contributed by atoms with Crippen LogP contribution in [0.25, 0.3) is 0 Å². The summed E-state index contributed by atoms with van der Waals surface area (Å²) in [6.45, 7) is 5.17. The Balaban J connectivity index is 2.47. The summed E-state index contributed by atoms with van der Waals surface area (Å²) >= 11 is 0. The summed E-state index contributed by atoms with van der Waals surface area (Å²) in [6, 6.07) is 0. The second-order valence-corrected chi connectivity index (χ2v) is 2.71.